The maximum Gasteiger partial charge on any atom is 0.526 e. The second kappa shape index (κ2) is 41.9. The first-order valence-corrected chi connectivity index (χ1v) is 45.7. The fourth-order valence-corrected chi connectivity index (χ4v) is 18.8. The van der Waals surface area contributed by atoms with Crippen LogP contribution in [0.15, 0.2) is 225 Å². The fraction of sp³-hybridized carbons (Fsp3) is 0.250. The van der Waals surface area contributed by atoms with Crippen LogP contribution >= 0.6 is 0 Å². The predicted molar refractivity (Wildman–Crippen MR) is 525 cm³/mol. The van der Waals surface area contributed by atoms with E-state index in [2.05, 4.69) is 15.0 Å². The number of fused-ring (bicyclic) bond motifs is 10. The van der Waals surface area contributed by atoms with Crippen LogP contribution in [-0.4, -0.2) is 160 Å². The minimum atomic E-state index is -1.13. The van der Waals surface area contributed by atoms with Crippen molar-refractivity contribution in [3.8, 4) is 28.7 Å². The average Bonchev–Trinajstić information content (AvgIpc) is 1.41. The third-order valence-corrected chi connectivity index (χ3v) is 26.1. The number of imidazole rings is 1. The van der Waals surface area contributed by atoms with Crippen molar-refractivity contribution in [2.45, 2.75) is 147 Å². The molecule has 0 spiro atoms. The zero-order valence-corrected chi connectivity index (χ0v) is 76.6. The number of pyridine rings is 1. The molecule has 5 aliphatic heterocycles. The summed E-state index contributed by atoms with van der Waals surface area (Å²) < 4.78 is 34.2. The van der Waals surface area contributed by atoms with Crippen LogP contribution in [0.25, 0.3) is 49.8 Å². The molecular weight excluding hydrogens is 1740 g/mol. The zero-order valence-electron chi connectivity index (χ0n) is 76.6. The van der Waals surface area contributed by atoms with Gasteiger partial charge in [0.1, 0.15) is 28.7 Å². The van der Waals surface area contributed by atoms with E-state index in [0.717, 1.165) is 89.2 Å². The van der Waals surface area contributed by atoms with Crippen molar-refractivity contribution in [2.24, 2.45) is 18.5 Å². The number of hydrogen-bond donors (Lipinski definition) is 8. The van der Waals surface area contributed by atoms with Crippen LogP contribution in [0.1, 0.15) is 209 Å². The molecule has 20 rings (SSSR count). The Morgan fingerprint density at radius 1 is 0.387 bits per heavy atom. The van der Waals surface area contributed by atoms with E-state index >= 15 is 0 Å². The van der Waals surface area contributed by atoms with Crippen molar-refractivity contribution >= 4 is 143 Å². The maximum atomic E-state index is 13.1. The number of rotatable bonds is 24. The van der Waals surface area contributed by atoms with Gasteiger partial charge in [-0.25, -0.2) is 4.98 Å². The van der Waals surface area contributed by atoms with Gasteiger partial charge in [-0.2, -0.15) is 0 Å². The van der Waals surface area contributed by atoms with Gasteiger partial charge in [0.05, 0.1) is 50.9 Å². The maximum absolute atomic E-state index is 13.1. The first kappa shape index (κ1) is 95.8. The molecule has 10 N–H and O–H groups in total. The van der Waals surface area contributed by atoms with Crippen LogP contribution in [0.4, 0.5) is 0 Å². The Bertz CT molecular complexity index is 7120. The molecule has 0 bridgehead atoms. The zero-order chi connectivity index (χ0) is 96.7. The predicted octanol–water partition coefficient (Wildman–Crippen LogP) is 14.9. The van der Waals surface area contributed by atoms with Gasteiger partial charge in [0.2, 0.25) is 0 Å². The standard InChI is InChI=1S/2C22H23BN2O4.C21H20BNO4.C20H18BNO4.C19H17BN2O4/c1-14(26)17-5-2-4-15-12-16(23(28)29-22(15)17)13-21(27)19-6-3-7-20-18(19)8-10-25(20)11-9-24;1-14(26)19-4-2-3-17-11-18(23(28)29-22(17)19)13-21(27)16-6-5-15-7-9-25(10-8-24)20(15)12-16;1-13(24)18-5-3-4-16-10-17(22(26)27-21(16)18)12-20(25)15-7-6-14-8-9-23(2)19(14)11-15;1-12(23)17-6-2-5-14-9-16(21(25)26-20(14)17)10-19(24)15-8-13-4-3-7-18(13)22-11-15;1-11(23)15-4-2-3-13-7-14(20(25)26-19(13)15)9-18(24)12-5-6-16-17(8-12)22-10-21-16/h2-8,10,16,28H,9,11-13,24H2,1H3;2-7,9,12,18,28H,8,10-11,13,24H2,1H3;3-9,11,17,26H,10,12H2,1-2H3;2-6,8,11,16,25H,7,9-10H2,1H3;2-6,8,10,14,25H,7,9H2,1H3,(H,21,22)/t16-;18-;17-;16-;14-/m11111/s1. The molecule has 0 radical (unpaired) electrons. The number of nitrogens with zero attached hydrogens (tertiary/aromatic N) is 5. The number of hydrogen-bond acceptors (Lipinski definition) is 24. The number of nitrogens with two attached hydrogens (primary N) is 2. The average molecular weight is 1840 g/mol. The Morgan fingerprint density at radius 3 is 1.17 bits per heavy atom. The highest BCUT2D eigenvalue weighted by molar-refractivity contribution is 6.49. The van der Waals surface area contributed by atoms with Crippen LogP contribution in [-0.2, 0) is 58.7 Å². The molecule has 5 atom stereocenters. The summed E-state index contributed by atoms with van der Waals surface area (Å²) in [6.07, 6.45) is 17.1. The smallest absolute Gasteiger partial charge is 0.526 e. The number of H-pyrrole nitrogens is 1. The number of benzene rings is 9. The molecule has 10 heterocycles. The Kier molecular flexibility index (Phi) is 29.3. The Morgan fingerprint density at radius 2 is 0.745 bits per heavy atom. The lowest BCUT2D eigenvalue weighted by atomic mass is 9.64. The summed E-state index contributed by atoms with van der Waals surface area (Å²) >= 11 is 0. The molecule has 33 heteroatoms. The van der Waals surface area contributed by atoms with Gasteiger partial charge >= 0.3 is 35.6 Å². The minimum absolute atomic E-state index is 0.0306. The monoisotopic (exact) mass is 1840 g/mol. The summed E-state index contributed by atoms with van der Waals surface area (Å²) in [7, 11) is -3.67. The van der Waals surface area contributed by atoms with Gasteiger partial charge in [-0.1, -0.05) is 109 Å². The van der Waals surface area contributed by atoms with Crippen LogP contribution in [0.5, 0.6) is 28.7 Å². The Hall–Kier alpha value is -14.3. The van der Waals surface area contributed by atoms with Gasteiger partial charge in [-0.15, -0.1) is 0 Å². The van der Waals surface area contributed by atoms with Crippen molar-refractivity contribution in [1.82, 2.24) is 28.7 Å². The van der Waals surface area contributed by atoms with Gasteiger partial charge < -0.3 is 78.5 Å². The number of aromatic amines is 1. The summed E-state index contributed by atoms with van der Waals surface area (Å²) in [5, 5.41) is 55.1. The topological polar surface area (TPSA) is 426 Å². The molecule has 5 aromatic heterocycles. The highest BCUT2D eigenvalue weighted by atomic mass is 16.5. The van der Waals surface area contributed by atoms with Crippen molar-refractivity contribution < 1.29 is 96.3 Å². The molecule has 28 nitrogen and oxygen atoms in total. The van der Waals surface area contributed by atoms with Crippen molar-refractivity contribution in [2.75, 3.05) is 13.1 Å². The lowest BCUT2D eigenvalue weighted by molar-refractivity contribution is 0.0967. The summed E-state index contributed by atoms with van der Waals surface area (Å²) in [5.74, 6) is -0.495. The lowest BCUT2D eigenvalue weighted by Crippen LogP contribution is -2.35. The quantitative estimate of drug-likeness (QED) is 0.0206. The molecule has 0 amide bonds. The number of para-hydroxylation sites is 5. The van der Waals surface area contributed by atoms with Crippen molar-refractivity contribution in [3.05, 3.63) is 320 Å². The van der Waals surface area contributed by atoms with Crippen molar-refractivity contribution in [3.63, 3.8) is 0 Å². The third-order valence-electron chi connectivity index (χ3n) is 26.1. The van der Waals surface area contributed by atoms with Gasteiger partial charge in [0.15, 0.2) is 57.8 Å². The first-order valence-electron chi connectivity index (χ1n) is 45.7. The molecular formula is C104H101B5N8O20. The fourth-order valence-electron chi connectivity index (χ4n) is 18.8. The molecule has 0 unspecified atom stereocenters. The first-order chi connectivity index (χ1) is 65.9. The largest absolute Gasteiger partial charge is 0.535 e. The Labute approximate surface area is 791 Å². The van der Waals surface area contributed by atoms with E-state index < -0.39 is 35.6 Å². The van der Waals surface area contributed by atoms with Gasteiger partial charge in [-0.3, -0.25) is 52.9 Å². The van der Waals surface area contributed by atoms with Gasteiger partial charge in [0.25, 0.3) is 0 Å². The van der Waals surface area contributed by atoms with Crippen LogP contribution < -0.4 is 34.7 Å². The summed E-state index contributed by atoms with van der Waals surface area (Å²) in [6.45, 7) is 9.77. The Balaban J connectivity index is 0.000000124. The minimum Gasteiger partial charge on any atom is -0.535 e. The number of ketones is 10. The number of carbonyl (C=O) groups excluding carboxylic acids is 10. The highest BCUT2D eigenvalue weighted by Crippen LogP contribution is 2.44. The molecule has 0 fully saturated rings. The molecule has 692 valence electrons. The molecule has 6 aliphatic rings. The summed E-state index contributed by atoms with van der Waals surface area (Å²) in [4.78, 5) is 134. The molecule has 9 aromatic carbocycles. The molecule has 0 saturated heterocycles. The highest BCUT2D eigenvalue weighted by Gasteiger charge is 2.44. The number of aromatic nitrogens is 6. The van der Waals surface area contributed by atoms with E-state index in [-0.39, 0.29) is 119 Å². The van der Waals surface area contributed by atoms with Gasteiger partial charge in [-0.05, 0) is 202 Å². The number of aryl methyl sites for hydroxylation is 1. The summed E-state index contributed by atoms with van der Waals surface area (Å²) in [5.41, 5.74) is 27.3. The van der Waals surface area contributed by atoms with E-state index in [1.54, 1.807) is 91.4 Å². The lowest BCUT2D eigenvalue weighted by Gasteiger charge is -2.28. The molecule has 1 aliphatic carbocycles. The van der Waals surface area contributed by atoms with E-state index in [0.29, 0.717) is 143 Å². The van der Waals surface area contributed by atoms with Crippen LogP contribution in [0.3, 0.4) is 0 Å². The van der Waals surface area contributed by atoms with E-state index in [1.807, 2.05) is 161 Å². The molecule has 137 heavy (non-hydrogen) atoms. The van der Waals surface area contributed by atoms with Crippen LogP contribution in [0.2, 0.25) is 29.1 Å². The normalized spacial score (nSPS) is 16.3. The SMILES string of the molecule is CC(=O)c1cccc2c1OB(O)[C@@H](CC(=O)c1ccc3ccn(C)c3c1)C2.CC(=O)c1cccc2c1OB(O)[C@@H](CC(=O)c1ccc3ccn(CCN)c3c1)C2.CC(=O)c1cccc2c1OB(O)[C@@H](CC(=O)c1ccc3nc[nH]c3c1)C2.CC(=O)c1cccc2c1OB(O)[C@@H](CC(=O)c1cccc3c1ccn3CCN)C2.CC(=O)c1cccc2c1OB(O)[C@@H](CC(=O)c1cnc3c(c1)C=CC3)C2. The second-order valence-corrected chi connectivity index (χ2v) is 35.6. The van der Waals surface area contributed by atoms with Crippen molar-refractivity contribution in [1.29, 1.82) is 0 Å². The van der Waals surface area contributed by atoms with E-state index in [4.69, 9.17) is 34.7 Å². The van der Waals surface area contributed by atoms with Crippen LogP contribution in [0, 0.1) is 0 Å². The number of allylic oxidation sites excluding steroid dienone is 1. The molecule has 0 saturated carbocycles. The third kappa shape index (κ3) is 21.2. The molecule has 14 aromatic rings. The summed E-state index contributed by atoms with van der Waals surface area (Å²) in [6, 6.07) is 56.8. The van der Waals surface area contributed by atoms with Gasteiger partial charge in [0, 0.05) is 175 Å². The second-order valence-electron chi connectivity index (χ2n) is 35.6. The number of nitrogens with one attached hydrogen (secondary N) is 1. The number of carbonyl (C=O) groups is 10. The van der Waals surface area contributed by atoms with E-state index in [9.17, 15) is 73.1 Å². The number of Topliss-reactive ketones (excluding diaryl/α,β-unsaturated/α-hetero) is 10. The van der Waals surface area contributed by atoms with E-state index in [1.165, 1.54) is 34.6 Å².